The summed E-state index contributed by atoms with van der Waals surface area (Å²) in [7, 11) is 0. The lowest BCUT2D eigenvalue weighted by molar-refractivity contribution is 0.0951. The molecule has 0 aliphatic heterocycles. The van der Waals surface area contributed by atoms with Crippen molar-refractivity contribution in [3.05, 3.63) is 35.9 Å². The van der Waals surface area contributed by atoms with E-state index in [4.69, 9.17) is 4.52 Å². The number of hydrogen-bond acceptors (Lipinski definition) is 4. The van der Waals surface area contributed by atoms with Gasteiger partial charge in [-0.3, -0.25) is 9.78 Å². The highest BCUT2D eigenvalue weighted by atomic mass is 16.5. The lowest BCUT2D eigenvalue weighted by atomic mass is 10.1. The Kier molecular flexibility index (Phi) is 4.50. The summed E-state index contributed by atoms with van der Waals surface area (Å²) < 4.78 is 5.17. The minimum Gasteiger partial charge on any atom is -0.360 e. The third kappa shape index (κ3) is 3.23. The molecule has 1 N–H and O–H groups in total. The number of pyridine rings is 1. The molecule has 20 heavy (non-hydrogen) atoms. The van der Waals surface area contributed by atoms with Gasteiger partial charge in [-0.2, -0.15) is 0 Å². The first-order valence-corrected chi connectivity index (χ1v) is 6.74. The Balaban J connectivity index is 2.19. The molecule has 0 atom stereocenters. The van der Waals surface area contributed by atoms with E-state index in [-0.39, 0.29) is 5.91 Å². The number of aryl methyl sites for hydroxylation is 1. The Morgan fingerprint density at radius 3 is 2.70 bits per heavy atom. The predicted octanol–water partition coefficient (Wildman–Crippen LogP) is 2.82. The van der Waals surface area contributed by atoms with Crippen LogP contribution in [0.25, 0.3) is 11.3 Å². The number of hydrogen-bond donors (Lipinski definition) is 1. The first kappa shape index (κ1) is 14.2. The van der Waals surface area contributed by atoms with E-state index < -0.39 is 0 Å². The van der Waals surface area contributed by atoms with Crippen molar-refractivity contribution in [3.63, 3.8) is 0 Å². The van der Waals surface area contributed by atoms with E-state index in [2.05, 4.69) is 29.3 Å². The highest BCUT2D eigenvalue weighted by Gasteiger charge is 2.21. The maximum atomic E-state index is 12.3. The van der Waals surface area contributed by atoms with E-state index in [1.165, 1.54) is 0 Å². The molecular weight excluding hydrogens is 254 g/mol. The van der Waals surface area contributed by atoms with Gasteiger partial charge < -0.3 is 9.84 Å². The van der Waals surface area contributed by atoms with Gasteiger partial charge in [0.25, 0.3) is 5.91 Å². The van der Waals surface area contributed by atoms with Crippen molar-refractivity contribution in [2.45, 2.75) is 27.2 Å². The summed E-state index contributed by atoms with van der Waals surface area (Å²) in [6.07, 6.45) is 4.28. The molecule has 1 amide bonds. The molecule has 106 valence electrons. The van der Waals surface area contributed by atoms with Crippen LogP contribution in [0.4, 0.5) is 0 Å². The summed E-state index contributed by atoms with van der Waals surface area (Å²) in [5, 5.41) is 6.90. The van der Waals surface area contributed by atoms with Crippen LogP contribution < -0.4 is 5.32 Å². The van der Waals surface area contributed by atoms with Gasteiger partial charge in [-0.15, -0.1) is 0 Å². The van der Waals surface area contributed by atoms with Crippen LogP contribution in [-0.2, 0) is 0 Å². The quantitative estimate of drug-likeness (QED) is 0.909. The van der Waals surface area contributed by atoms with Crippen LogP contribution in [-0.4, -0.2) is 22.6 Å². The van der Waals surface area contributed by atoms with Gasteiger partial charge in [0, 0.05) is 24.5 Å². The van der Waals surface area contributed by atoms with Crippen LogP contribution >= 0.6 is 0 Å². The fraction of sp³-hybridized carbons (Fsp3) is 0.400. The molecule has 0 saturated heterocycles. The molecule has 0 fully saturated rings. The standard InChI is InChI=1S/C15H19N3O2/c1-10(2)4-9-17-15(19)13-11(3)20-18-14(13)12-5-7-16-8-6-12/h5-8,10H,4,9H2,1-3H3,(H,17,19). The van der Waals surface area contributed by atoms with E-state index in [0.717, 1.165) is 12.0 Å². The van der Waals surface area contributed by atoms with Crippen LogP contribution in [0.15, 0.2) is 29.0 Å². The van der Waals surface area contributed by atoms with Gasteiger partial charge in [-0.05, 0) is 31.4 Å². The molecule has 2 heterocycles. The van der Waals surface area contributed by atoms with E-state index in [0.29, 0.717) is 29.5 Å². The number of nitrogens with zero attached hydrogens (tertiary/aromatic N) is 2. The van der Waals surface area contributed by atoms with Crippen LogP contribution in [0, 0.1) is 12.8 Å². The molecule has 0 aliphatic carbocycles. The first-order chi connectivity index (χ1) is 9.59. The average Bonchev–Trinajstić information content (AvgIpc) is 2.81. The third-order valence-electron chi connectivity index (χ3n) is 3.05. The third-order valence-corrected chi connectivity index (χ3v) is 3.05. The molecule has 2 aromatic heterocycles. The van der Waals surface area contributed by atoms with Gasteiger partial charge in [-0.1, -0.05) is 19.0 Å². The molecule has 2 rings (SSSR count). The molecule has 0 bridgehead atoms. The number of carbonyl (C=O) groups is 1. The van der Waals surface area contributed by atoms with Crippen molar-refractivity contribution in [3.8, 4) is 11.3 Å². The largest absolute Gasteiger partial charge is 0.360 e. The molecule has 0 radical (unpaired) electrons. The average molecular weight is 273 g/mol. The zero-order valence-electron chi connectivity index (χ0n) is 12.0. The molecule has 5 heteroatoms. The topological polar surface area (TPSA) is 68.0 Å². The minimum absolute atomic E-state index is 0.142. The van der Waals surface area contributed by atoms with Crippen LogP contribution in [0.2, 0.25) is 0 Å². The van der Waals surface area contributed by atoms with Gasteiger partial charge >= 0.3 is 0 Å². The first-order valence-electron chi connectivity index (χ1n) is 6.74. The van der Waals surface area contributed by atoms with Crippen molar-refractivity contribution in [2.75, 3.05) is 6.54 Å². The summed E-state index contributed by atoms with van der Waals surface area (Å²) in [5.41, 5.74) is 1.89. The summed E-state index contributed by atoms with van der Waals surface area (Å²) in [4.78, 5) is 16.2. The predicted molar refractivity (Wildman–Crippen MR) is 76.3 cm³/mol. The van der Waals surface area contributed by atoms with Crippen molar-refractivity contribution < 1.29 is 9.32 Å². The minimum atomic E-state index is -0.142. The lowest BCUT2D eigenvalue weighted by Crippen LogP contribution is -2.26. The number of aromatic nitrogens is 2. The van der Waals surface area contributed by atoms with Crippen LogP contribution in [0.5, 0.6) is 0 Å². The molecule has 0 saturated carbocycles. The number of rotatable bonds is 5. The maximum Gasteiger partial charge on any atom is 0.257 e. The monoisotopic (exact) mass is 273 g/mol. The molecule has 0 unspecified atom stereocenters. The van der Waals surface area contributed by atoms with Gasteiger partial charge in [0.1, 0.15) is 17.0 Å². The van der Waals surface area contributed by atoms with E-state index in [1.807, 2.05) is 12.1 Å². The second kappa shape index (κ2) is 6.32. The number of nitrogens with one attached hydrogen (secondary N) is 1. The number of amides is 1. The molecule has 0 aliphatic rings. The Hall–Kier alpha value is -2.17. The summed E-state index contributed by atoms with van der Waals surface area (Å²) in [6.45, 7) is 6.64. The zero-order valence-corrected chi connectivity index (χ0v) is 12.0. The summed E-state index contributed by atoms with van der Waals surface area (Å²) in [6, 6.07) is 3.62. The molecule has 5 nitrogen and oxygen atoms in total. The van der Waals surface area contributed by atoms with Crippen molar-refractivity contribution >= 4 is 5.91 Å². The van der Waals surface area contributed by atoms with Crippen molar-refractivity contribution in [1.29, 1.82) is 0 Å². The SMILES string of the molecule is Cc1onc(-c2ccncc2)c1C(=O)NCCC(C)C. The Labute approximate surface area is 118 Å². The summed E-state index contributed by atoms with van der Waals surface area (Å²) >= 11 is 0. The van der Waals surface area contributed by atoms with Gasteiger partial charge in [-0.25, -0.2) is 0 Å². The summed E-state index contributed by atoms with van der Waals surface area (Å²) in [5.74, 6) is 0.939. The van der Waals surface area contributed by atoms with Crippen molar-refractivity contribution in [1.82, 2.24) is 15.5 Å². The second-order valence-electron chi connectivity index (χ2n) is 5.14. The Bertz CT molecular complexity index is 576. The molecule has 0 spiro atoms. The zero-order chi connectivity index (χ0) is 14.5. The molecular formula is C15H19N3O2. The fourth-order valence-corrected chi connectivity index (χ4v) is 1.91. The molecule has 2 aromatic rings. The second-order valence-corrected chi connectivity index (χ2v) is 5.14. The Morgan fingerprint density at radius 1 is 1.35 bits per heavy atom. The normalized spacial score (nSPS) is 10.8. The highest BCUT2D eigenvalue weighted by Crippen LogP contribution is 2.24. The van der Waals surface area contributed by atoms with Gasteiger partial charge in [0.05, 0.1) is 0 Å². The van der Waals surface area contributed by atoms with E-state index >= 15 is 0 Å². The Morgan fingerprint density at radius 2 is 2.05 bits per heavy atom. The fourth-order valence-electron chi connectivity index (χ4n) is 1.91. The molecule has 0 aromatic carbocycles. The lowest BCUT2D eigenvalue weighted by Gasteiger charge is -2.07. The smallest absolute Gasteiger partial charge is 0.257 e. The number of carbonyl (C=O) groups excluding carboxylic acids is 1. The van der Waals surface area contributed by atoms with Crippen molar-refractivity contribution in [2.24, 2.45) is 5.92 Å². The van der Waals surface area contributed by atoms with Gasteiger partial charge in [0.15, 0.2) is 0 Å². The van der Waals surface area contributed by atoms with Crippen LogP contribution in [0.3, 0.4) is 0 Å². The van der Waals surface area contributed by atoms with E-state index in [9.17, 15) is 4.79 Å². The highest BCUT2D eigenvalue weighted by molar-refractivity contribution is 6.00. The van der Waals surface area contributed by atoms with E-state index in [1.54, 1.807) is 19.3 Å². The van der Waals surface area contributed by atoms with Crippen LogP contribution in [0.1, 0.15) is 36.4 Å². The van der Waals surface area contributed by atoms with Gasteiger partial charge in [0.2, 0.25) is 0 Å². The maximum absolute atomic E-state index is 12.3.